The Balaban J connectivity index is 2.47. The molecule has 2 aromatic heterocycles. The van der Waals surface area contributed by atoms with Crippen LogP contribution in [0.3, 0.4) is 0 Å². The highest BCUT2D eigenvalue weighted by molar-refractivity contribution is 9.10. The second-order valence-electron chi connectivity index (χ2n) is 3.26. The third-order valence-electron chi connectivity index (χ3n) is 2.26. The third-order valence-corrected chi connectivity index (χ3v) is 2.82. The molecule has 0 aliphatic heterocycles. The van der Waals surface area contributed by atoms with Crippen LogP contribution in [0.2, 0.25) is 0 Å². The van der Waals surface area contributed by atoms with E-state index in [1.54, 1.807) is 13.1 Å². The molecule has 0 fully saturated rings. The molecule has 1 unspecified atom stereocenters. The highest BCUT2D eigenvalue weighted by Gasteiger charge is 2.20. The molecule has 84 valence electrons. The van der Waals surface area contributed by atoms with Crippen LogP contribution in [0.1, 0.15) is 17.3 Å². The first-order valence-electron chi connectivity index (χ1n) is 4.51. The summed E-state index contributed by atoms with van der Waals surface area (Å²) < 4.78 is 15.5. The van der Waals surface area contributed by atoms with E-state index in [-0.39, 0.29) is 0 Å². The van der Waals surface area contributed by atoms with Crippen LogP contribution in [-0.2, 0) is 7.05 Å². The highest BCUT2D eigenvalue weighted by Crippen LogP contribution is 2.25. The molecule has 0 amide bonds. The van der Waals surface area contributed by atoms with Gasteiger partial charge in [-0.3, -0.25) is 4.98 Å². The fraction of sp³-hybridized carbons (Fsp3) is 0.222. The van der Waals surface area contributed by atoms with Crippen molar-refractivity contribution in [1.82, 2.24) is 20.0 Å². The molecule has 1 atom stereocenters. The van der Waals surface area contributed by atoms with Crippen molar-refractivity contribution in [3.8, 4) is 0 Å². The van der Waals surface area contributed by atoms with Gasteiger partial charge in [0.25, 0.3) is 0 Å². The normalized spacial score (nSPS) is 12.8. The van der Waals surface area contributed by atoms with Gasteiger partial charge >= 0.3 is 0 Å². The Labute approximate surface area is 99.6 Å². The second-order valence-corrected chi connectivity index (χ2v) is 4.02. The second kappa shape index (κ2) is 4.26. The van der Waals surface area contributed by atoms with E-state index in [9.17, 15) is 4.39 Å². The zero-order valence-corrected chi connectivity index (χ0v) is 10.0. The lowest BCUT2D eigenvalue weighted by molar-refractivity contribution is 0.578. The van der Waals surface area contributed by atoms with Crippen LogP contribution in [0, 0.1) is 5.82 Å². The molecule has 2 heterocycles. The van der Waals surface area contributed by atoms with E-state index < -0.39 is 11.9 Å². The van der Waals surface area contributed by atoms with Gasteiger partial charge in [-0.05, 0) is 22.0 Å². The molecule has 2 aromatic rings. The minimum Gasteiger partial charge on any atom is -0.319 e. The number of halogens is 2. The van der Waals surface area contributed by atoms with Crippen molar-refractivity contribution in [2.24, 2.45) is 12.8 Å². The van der Waals surface area contributed by atoms with Crippen LogP contribution in [0.4, 0.5) is 4.39 Å². The first kappa shape index (κ1) is 11.2. The molecule has 2 N–H and O–H groups in total. The Kier molecular flexibility index (Phi) is 2.97. The molecule has 0 bridgehead atoms. The summed E-state index contributed by atoms with van der Waals surface area (Å²) in [6.45, 7) is 0. The molecule has 7 heteroatoms. The highest BCUT2D eigenvalue weighted by atomic mass is 79.9. The van der Waals surface area contributed by atoms with Gasteiger partial charge in [-0.1, -0.05) is 5.21 Å². The van der Waals surface area contributed by atoms with Crippen LogP contribution in [-0.4, -0.2) is 20.0 Å². The lowest BCUT2D eigenvalue weighted by Crippen LogP contribution is -2.18. The summed E-state index contributed by atoms with van der Waals surface area (Å²) in [5.41, 5.74) is 6.94. The summed E-state index contributed by atoms with van der Waals surface area (Å²) in [6, 6.07) is 0.914. The Hall–Kier alpha value is -1.34. The van der Waals surface area contributed by atoms with Crippen molar-refractivity contribution in [3.63, 3.8) is 0 Å². The molecule has 2 rings (SSSR count). The standard InChI is InChI=1S/C9H9BrFN5/c1-16-8(9(10)14-15-16)7(12)5-2-3-13-4-6(5)11/h2-4,7H,12H2,1H3. The maximum atomic E-state index is 13.5. The number of nitrogens with zero attached hydrogens (tertiary/aromatic N) is 4. The number of hydrogen-bond acceptors (Lipinski definition) is 4. The zero-order chi connectivity index (χ0) is 11.7. The quantitative estimate of drug-likeness (QED) is 0.899. The molecule has 5 nitrogen and oxygen atoms in total. The molecular formula is C9H9BrFN5. The van der Waals surface area contributed by atoms with Crippen LogP contribution in [0.25, 0.3) is 0 Å². The monoisotopic (exact) mass is 285 g/mol. The van der Waals surface area contributed by atoms with Gasteiger partial charge in [-0.2, -0.15) is 0 Å². The van der Waals surface area contributed by atoms with E-state index in [0.29, 0.717) is 15.9 Å². The van der Waals surface area contributed by atoms with Gasteiger partial charge < -0.3 is 5.73 Å². The van der Waals surface area contributed by atoms with Crippen LogP contribution < -0.4 is 5.73 Å². The van der Waals surface area contributed by atoms with E-state index in [1.165, 1.54) is 10.9 Å². The maximum absolute atomic E-state index is 13.5. The first-order chi connectivity index (χ1) is 7.61. The first-order valence-corrected chi connectivity index (χ1v) is 5.30. The topological polar surface area (TPSA) is 69.6 Å². The molecule has 16 heavy (non-hydrogen) atoms. The molecule has 0 spiro atoms. The average Bonchev–Trinajstić information content (AvgIpc) is 2.58. The minimum absolute atomic E-state index is 0.362. The number of pyridine rings is 1. The van der Waals surface area contributed by atoms with E-state index in [0.717, 1.165) is 6.20 Å². The third kappa shape index (κ3) is 1.83. The predicted octanol–water partition coefficient (Wildman–Crippen LogP) is 1.16. The number of hydrogen-bond donors (Lipinski definition) is 1. The van der Waals surface area contributed by atoms with Gasteiger partial charge in [0, 0.05) is 18.8 Å². The summed E-state index contributed by atoms with van der Waals surface area (Å²) >= 11 is 3.23. The van der Waals surface area contributed by atoms with Gasteiger partial charge in [0.2, 0.25) is 0 Å². The van der Waals surface area contributed by atoms with E-state index in [1.807, 2.05) is 0 Å². The predicted molar refractivity (Wildman–Crippen MR) is 58.9 cm³/mol. The molecule has 0 aliphatic rings. The van der Waals surface area contributed by atoms with E-state index in [4.69, 9.17) is 5.73 Å². The molecule has 0 radical (unpaired) electrons. The zero-order valence-electron chi connectivity index (χ0n) is 8.43. The van der Waals surface area contributed by atoms with Gasteiger partial charge in [0.05, 0.1) is 17.9 Å². The fourth-order valence-electron chi connectivity index (χ4n) is 1.45. The lowest BCUT2D eigenvalue weighted by Gasteiger charge is -2.12. The van der Waals surface area contributed by atoms with Crippen molar-refractivity contribution in [1.29, 1.82) is 0 Å². The molecular weight excluding hydrogens is 277 g/mol. The number of aromatic nitrogens is 4. The minimum atomic E-state index is -0.627. The molecule has 0 aromatic carbocycles. The van der Waals surface area contributed by atoms with Gasteiger partial charge in [0.15, 0.2) is 4.60 Å². The van der Waals surface area contributed by atoms with Crippen molar-refractivity contribution in [2.75, 3.05) is 0 Å². The van der Waals surface area contributed by atoms with Crippen LogP contribution in [0.5, 0.6) is 0 Å². The Bertz CT molecular complexity index is 493. The van der Waals surface area contributed by atoms with Crippen molar-refractivity contribution < 1.29 is 4.39 Å². The summed E-state index contributed by atoms with van der Waals surface area (Å²) in [5, 5.41) is 7.60. The Morgan fingerprint density at radius 2 is 2.31 bits per heavy atom. The maximum Gasteiger partial charge on any atom is 0.153 e. The van der Waals surface area contributed by atoms with Crippen LogP contribution in [0.15, 0.2) is 23.1 Å². The SMILES string of the molecule is Cn1nnc(Br)c1C(N)c1ccncc1F. The Morgan fingerprint density at radius 1 is 1.56 bits per heavy atom. The smallest absolute Gasteiger partial charge is 0.153 e. The largest absolute Gasteiger partial charge is 0.319 e. The average molecular weight is 286 g/mol. The summed E-state index contributed by atoms with van der Waals surface area (Å²) in [5.74, 6) is -0.442. The van der Waals surface area contributed by atoms with Crippen molar-refractivity contribution in [2.45, 2.75) is 6.04 Å². The Morgan fingerprint density at radius 3 is 2.88 bits per heavy atom. The van der Waals surface area contributed by atoms with Gasteiger partial charge in [0.1, 0.15) is 5.82 Å². The number of aryl methyl sites for hydroxylation is 1. The van der Waals surface area contributed by atoms with Crippen molar-refractivity contribution in [3.05, 3.63) is 40.1 Å². The van der Waals surface area contributed by atoms with Gasteiger partial charge in [-0.15, -0.1) is 5.10 Å². The molecule has 0 saturated heterocycles. The van der Waals surface area contributed by atoms with E-state index >= 15 is 0 Å². The van der Waals surface area contributed by atoms with Gasteiger partial charge in [-0.25, -0.2) is 9.07 Å². The lowest BCUT2D eigenvalue weighted by atomic mass is 10.1. The van der Waals surface area contributed by atoms with Crippen molar-refractivity contribution >= 4 is 15.9 Å². The number of nitrogens with two attached hydrogens (primary N) is 1. The summed E-state index contributed by atoms with van der Waals surface area (Å²) in [6.07, 6.45) is 2.63. The molecule has 0 aliphatic carbocycles. The summed E-state index contributed by atoms with van der Waals surface area (Å²) in [7, 11) is 1.70. The number of rotatable bonds is 2. The fourth-order valence-corrected chi connectivity index (χ4v) is 2.03. The summed E-state index contributed by atoms with van der Waals surface area (Å²) in [4.78, 5) is 3.67. The molecule has 0 saturated carbocycles. The van der Waals surface area contributed by atoms with Crippen LogP contribution >= 0.6 is 15.9 Å². The van der Waals surface area contributed by atoms with E-state index in [2.05, 4.69) is 31.2 Å².